The Kier molecular flexibility index (Phi) is 2.14. The van der Waals surface area contributed by atoms with Gasteiger partial charge >= 0.3 is 0 Å². The Morgan fingerprint density at radius 3 is 2.69 bits per heavy atom. The highest BCUT2D eigenvalue weighted by atomic mass is 79.9. The number of hydrogen-bond acceptors (Lipinski definition) is 2. The predicted molar refractivity (Wildman–Crippen MR) is 49.6 cm³/mol. The minimum absolute atomic E-state index is 0.282. The van der Waals surface area contributed by atoms with Crippen molar-refractivity contribution in [3.63, 3.8) is 0 Å². The lowest BCUT2D eigenvalue weighted by Gasteiger charge is -1.95. The summed E-state index contributed by atoms with van der Waals surface area (Å²) in [5.74, 6) is -0.0539. The van der Waals surface area contributed by atoms with Gasteiger partial charge in [-0.3, -0.25) is 0 Å². The minimum Gasteiger partial charge on any atom is -0.429 e. The molecule has 0 radical (unpaired) electrons. The van der Waals surface area contributed by atoms with E-state index in [4.69, 9.17) is 4.42 Å². The number of rotatable bonds is 1. The summed E-state index contributed by atoms with van der Waals surface area (Å²) in [4.78, 5) is 3.89. The molecule has 0 amide bonds. The zero-order valence-corrected chi connectivity index (χ0v) is 8.08. The lowest BCUT2D eigenvalue weighted by atomic mass is 10.2. The summed E-state index contributed by atoms with van der Waals surface area (Å²) < 4.78 is 18.8. The monoisotopic (exact) mass is 241 g/mol. The molecule has 1 aromatic carbocycles. The van der Waals surface area contributed by atoms with E-state index in [1.165, 1.54) is 12.3 Å². The molecule has 4 heteroatoms. The highest BCUT2D eigenvalue weighted by molar-refractivity contribution is 9.10. The van der Waals surface area contributed by atoms with Crippen LogP contribution in [0.25, 0.3) is 11.5 Å². The molecule has 0 N–H and O–H groups in total. The molecular weight excluding hydrogens is 237 g/mol. The van der Waals surface area contributed by atoms with Crippen LogP contribution in [-0.4, -0.2) is 4.98 Å². The topological polar surface area (TPSA) is 26.0 Å². The van der Waals surface area contributed by atoms with Gasteiger partial charge in [-0.05, 0) is 28.1 Å². The summed E-state index contributed by atoms with van der Waals surface area (Å²) in [6, 6.07) is 6.34. The van der Waals surface area contributed by atoms with Crippen LogP contribution in [0, 0.1) is 5.82 Å². The molecule has 0 aliphatic carbocycles. The van der Waals surface area contributed by atoms with Crippen LogP contribution in [0.5, 0.6) is 0 Å². The molecule has 0 aliphatic rings. The number of hydrogen-bond donors (Lipinski definition) is 0. The number of benzene rings is 1. The Morgan fingerprint density at radius 1 is 1.31 bits per heavy atom. The lowest BCUT2D eigenvalue weighted by Crippen LogP contribution is -1.81. The second-order valence-corrected chi connectivity index (χ2v) is 3.23. The fraction of sp³-hybridized carbons (Fsp3) is 0. The van der Waals surface area contributed by atoms with Crippen LogP contribution in [0.3, 0.4) is 0 Å². The average Bonchev–Trinajstić information content (AvgIpc) is 2.53. The maximum absolute atomic E-state index is 13.2. The zero-order valence-electron chi connectivity index (χ0n) is 6.50. The molecule has 0 fully saturated rings. The molecule has 0 unspecified atom stereocenters. The van der Waals surface area contributed by atoms with Crippen molar-refractivity contribution in [3.05, 3.63) is 40.9 Å². The Hall–Kier alpha value is -1.16. The van der Waals surface area contributed by atoms with Crippen molar-refractivity contribution in [2.45, 2.75) is 0 Å². The van der Waals surface area contributed by atoms with Gasteiger partial charge in [-0.25, -0.2) is 9.37 Å². The standard InChI is InChI=1S/C9H5BrFNO/c10-8-5-12-9(13-8)6-3-1-2-4-7(6)11/h1-5H. The van der Waals surface area contributed by atoms with Gasteiger partial charge in [0.1, 0.15) is 5.82 Å². The molecule has 0 saturated carbocycles. The van der Waals surface area contributed by atoms with Crippen molar-refractivity contribution in [1.82, 2.24) is 4.98 Å². The van der Waals surface area contributed by atoms with Crippen molar-refractivity contribution in [2.75, 3.05) is 0 Å². The van der Waals surface area contributed by atoms with E-state index >= 15 is 0 Å². The molecule has 1 aromatic heterocycles. The van der Waals surface area contributed by atoms with Crippen LogP contribution in [0.4, 0.5) is 4.39 Å². The SMILES string of the molecule is Fc1ccccc1-c1ncc(Br)o1. The van der Waals surface area contributed by atoms with Crippen molar-refractivity contribution >= 4 is 15.9 Å². The quantitative estimate of drug-likeness (QED) is 0.767. The van der Waals surface area contributed by atoms with Crippen molar-refractivity contribution in [2.24, 2.45) is 0 Å². The van der Waals surface area contributed by atoms with Crippen LogP contribution in [0.1, 0.15) is 0 Å². The highest BCUT2D eigenvalue weighted by Gasteiger charge is 2.08. The van der Waals surface area contributed by atoms with Gasteiger partial charge in [0.25, 0.3) is 0 Å². The second kappa shape index (κ2) is 3.30. The fourth-order valence-corrected chi connectivity index (χ4v) is 1.27. The van der Waals surface area contributed by atoms with E-state index in [1.807, 2.05) is 0 Å². The molecule has 2 rings (SSSR count). The maximum Gasteiger partial charge on any atom is 0.230 e. The minimum atomic E-state index is -0.336. The average molecular weight is 242 g/mol. The van der Waals surface area contributed by atoms with Crippen molar-refractivity contribution in [1.29, 1.82) is 0 Å². The molecule has 2 nitrogen and oxygen atoms in total. The van der Waals surface area contributed by atoms with Crippen molar-refractivity contribution in [3.8, 4) is 11.5 Å². The van der Waals surface area contributed by atoms with Gasteiger partial charge in [0.05, 0.1) is 11.8 Å². The largest absolute Gasteiger partial charge is 0.429 e. The Balaban J connectivity index is 2.52. The van der Waals surface area contributed by atoms with Gasteiger partial charge in [0.2, 0.25) is 5.89 Å². The third kappa shape index (κ3) is 1.62. The molecule has 0 saturated heterocycles. The lowest BCUT2D eigenvalue weighted by molar-refractivity contribution is 0.540. The fourth-order valence-electron chi connectivity index (χ4n) is 1.01. The summed E-state index contributed by atoms with van der Waals surface area (Å²) in [7, 11) is 0. The molecule has 2 aromatic rings. The maximum atomic E-state index is 13.2. The second-order valence-electron chi connectivity index (χ2n) is 2.45. The van der Waals surface area contributed by atoms with E-state index in [0.29, 0.717) is 10.2 Å². The molecule has 1 heterocycles. The molecule has 13 heavy (non-hydrogen) atoms. The number of nitrogens with zero attached hydrogens (tertiary/aromatic N) is 1. The third-order valence-corrected chi connectivity index (χ3v) is 1.95. The summed E-state index contributed by atoms with van der Waals surface area (Å²) in [6.45, 7) is 0. The molecule has 0 bridgehead atoms. The van der Waals surface area contributed by atoms with Gasteiger partial charge < -0.3 is 4.42 Å². The summed E-state index contributed by atoms with van der Waals surface area (Å²) in [5, 5.41) is 0. The molecule has 0 spiro atoms. The third-order valence-electron chi connectivity index (χ3n) is 1.58. The van der Waals surface area contributed by atoms with Crippen LogP contribution < -0.4 is 0 Å². The number of oxazole rings is 1. The Labute approximate surface area is 82.5 Å². The summed E-state index contributed by atoms with van der Waals surface area (Å²) in [6.07, 6.45) is 1.49. The van der Waals surface area contributed by atoms with Crippen molar-refractivity contribution < 1.29 is 8.81 Å². The van der Waals surface area contributed by atoms with E-state index in [1.54, 1.807) is 18.2 Å². The van der Waals surface area contributed by atoms with Gasteiger partial charge in [-0.2, -0.15) is 0 Å². The Bertz CT molecular complexity index is 427. The van der Waals surface area contributed by atoms with Crippen LogP contribution in [-0.2, 0) is 0 Å². The molecule has 0 atom stereocenters. The van der Waals surface area contributed by atoms with Crippen LogP contribution in [0.2, 0.25) is 0 Å². The van der Waals surface area contributed by atoms with Crippen LogP contribution >= 0.6 is 15.9 Å². The molecule has 66 valence electrons. The first kappa shape index (κ1) is 8.44. The first-order chi connectivity index (χ1) is 6.27. The first-order valence-corrected chi connectivity index (χ1v) is 4.43. The Morgan fingerprint density at radius 2 is 2.08 bits per heavy atom. The zero-order chi connectivity index (χ0) is 9.26. The normalized spacial score (nSPS) is 10.3. The number of halogens is 2. The highest BCUT2D eigenvalue weighted by Crippen LogP contribution is 2.23. The first-order valence-electron chi connectivity index (χ1n) is 3.63. The van der Waals surface area contributed by atoms with E-state index in [0.717, 1.165) is 0 Å². The smallest absolute Gasteiger partial charge is 0.230 e. The van der Waals surface area contributed by atoms with Gasteiger partial charge in [0.15, 0.2) is 4.67 Å². The van der Waals surface area contributed by atoms with Gasteiger partial charge in [-0.15, -0.1) is 0 Å². The molecule has 0 aliphatic heterocycles. The predicted octanol–water partition coefficient (Wildman–Crippen LogP) is 3.24. The van der Waals surface area contributed by atoms with E-state index < -0.39 is 0 Å². The summed E-state index contributed by atoms with van der Waals surface area (Å²) >= 11 is 3.10. The van der Waals surface area contributed by atoms with Crippen LogP contribution in [0.15, 0.2) is 39.5 Å². The van der Waals surface area contributed by atoms with Gasteiger partial charge in [0, 0.05) is 0 Å². The van der Waals surface area contributed by atoms with E-state index in [2.05, 4.69) is 20.9 Å². The van der Waals surface area contributed by atoms with Gasteiger partial charge in [-0.1, -0.05) is 12.1 Å². The molecular formula is C9H5BrFNO. The number of aromatic nitrogens is 1. The van der Waals surface area contributed by atoms with E-state index in [9.17, 15) is 4.39 Å². The summed E-state index contributed by atoms with van der Waals surface area (Å²) in [5.41, 5.74) is 0.369. The van der Waals surface area contributed by atoms with E-state index in [-0.39, 0.29) is 11.7 Å².